The summed E-state index contributed by atoms with van der Waals surface area (Å²) in [6, 6.07) is 16.1. The van der Waals surface area contributed by atoms with Crippen LogP contribution >= 0.6 is 0 Å². The molecule has 2 aromatic carbocycles. The molecule has 1 unspecified atom stereocenters. The molecule has 1 N–H and O–H groups in total. The molecule has 0 aliphatic carbocycles. The van der Waals surface area contributed by atoms with Crippen LogP contribution in [0, 0.1) is 0 Å². The summed E-state index contributed by atoms with van der Waals surface area (Å²) in [6.07, 6.45) is 0.904. The average Bonchev–Trinajstić information content (AvgIpc) is 3.23. The first kappa shape index (κ1) is 24.5. The van der Waals surface area contributed by atoms with E-state index >= 15 is 0 Å². The van der Waals surface area contributed by atoms with Gasteiger partial charge in [-0.15, -0.1) is 5.10 Å². The first-order valence-corrected chi connectivity index (χ1v) is 11.1. The molecule has 0 spiro atoms. The lowest BCUT2D eigenvalue weighted by molar-refractivity contribution is -0.149. The molecular formula is C27H35N3O3. The number of anilines is 2. The van der Waals surface area contributed by atoms with E-state index in [0.29, 0.717) is 0 Å². The van der Waals surface area contributed by atoms with Gasteiger partial charge >= 0.3 is 5.97 Å². The van der Waals surface area contributed by atoms with E-state index in [1.165, 1.54) is 7.11 Å². The van der Waals surface area contributed by atoms with Gasteiger partial charge in [-0.3, -0.25) is 0 Å². The molecule has 33 heavy (non-hydrogen) atoms. The highest BCUT2D eigenvalue weighted by molar-refractivity contribution is 5.77. The van der Waals surface area contributed by atoms with Gasteiger partial charge in [0.2, 0.25) is 0 Å². The maximum atomic E-state index is 12.1. The molecule has 0 saturated heterocycles. The highest BCUT2D eigenvalue weighted by atomic mass is 16.5. The minimum absolute atomic E-state index is 0.290. The standard InChI is InChI=1S/C27H35N3O3/c1-26(2,3)20-16-19(17-21(27(4,5)6)23(20)24(33-8)25(31)32)29(7)22-14-15-30(28-22)18-12-10-9-11-13-18/h9-17,24H,1-8H3,(H,31,32). The van der Waals surface area contributed by atoms with Gasteiger partial charge in [0, 0.05) is 32.1 Å². The van der Waals surface area contributed by atoms with Crippen LogP contribution in [0.4, 0.5) is 11.5 Å². The first-order chi connectivity index (χ1) is 15.3. The smallest absolute Gasteiger partial charge is 0.337 e. The molecule has 0 amide bonds. The van der Waals surface area contributed by atoms with Gasteiger partial charge in [-0.2, -0.15) is 0 Å². The Bertz CT molecular complexity index is 1090. The normalized spacial score (nSPS) is 13.1. The van der Waals surface area contributed by atoms with Crippen LogP contribution in [0.3, 0.4) is 0 Å². The number of aliphatic carboxylic acids is 1. The van der Waals surface area contributed by atoms with Gasteiger partial charge in [0.15, 0.2) is 11.9 Å². The fourth-order valence-corrected chi connectivity index (χ4v) is 4.05. The second kappa shape index (κ2) is 9.02. The molecule has 176 valence electrons. The molecule has 0 aliphatic rings. The van der Waals surface area contributed by atoms with Gasteiger partial charge in [0.1, 0.15) is 0 Å². The first-order valence-electron chi connectivity index (χ1n) is 11.1. The average molecular weight is 450 g/mol. The van der Waals surface area contributed by atoms with E-state index in [9.17, 15) is 9.90 Å². The zero-order valence-electron chi connectivity index (χ0n) is 20.9. The summed E-state index contributed by atoms with van der Waals surface area (Å²) in [5.74, 6) is -0.191. The summed E-state index contributed by atoms with van der Waals surface area (Å²) in [4.78, 5) is 14.2. The molecule has 6 heteroatoms. The summed E-state index contributed by atoms with van der Waals surface area (Å²) >= 11 is 0. The lowest BCUT2D eigenvalue weighted by Crippen LogP contribution is -2.28. The van der Waals surface area contributed by atoms with Crippen molar-refractivity contribution in [1.29, 1.82) is 0 Å². The molecule has 1 heterocycles. The lowest BCUT2D eigenvalue weighted by Gasteiger charge is -2.34. The van der Waals surface area contributed by atoms with Crippen molar-refractivity contribution in [3.63, 3.8) is 0 Å². The van der Waals surface area contributed by atoms with Crippen LogP contribution in [0.2, 0.25) is 0 Å². The summed E-state index contributed by atoms with van der Waals surface area (Å²) in [5.41, 5.74) is 4.00. The second-order valence-electron chi connectivity index (χ2n) is 10.4. The van der Waals surface area contributed by atoms with Crippen molar-refractivity contribution in [2.45, 2.75) is 58.5 Å². The Morgan fingerprint density at radius 2 is 1.55 bits per heavy atom. The molecule has 3 rings (SSSR count). The third kappa shape index (κ3) is 5.11. The molecular weight excluding hydrogens is 414 g/mol. The van der Waals surface area contributed by atoms with E-state index in [0.717, 1.165) is 33.9 Å². The maximum absolute atomic E-state index is 12.1. The lowest BCUT2D eigenvalue weighted by atomic mass is 9.74. The molecule has 1 aromatic heterocycles. The van der Waals surface area contributed by atoms with Crippen molar-refractivity contribution in [3.05, 3.63) is 71.4 Å². The number of nitrogens with zero attached hydrogens (tertiary/aromatic N) is 3. The second-order valence-corrected chi connectivity index (χ2v) is 10.4. The number of hydrogen-bond acceptors (Lipinski definition) is 4. The summed E-state index contributed by atoms with van der Waals surface area (Å²) in [6.45, 7) is 12.6. The van der Waals surface area contributed by atoms with Gasteiger partial charge in [-0.1, -0.05) is 59.7 Å². The topological polar surface area (TPSA) is 67.6 Å². The number of carboxylic acid groups (broad SMARTS) is 1. The monoisotopic (exact) mass is 449 g/mol. The zero-order valence-corrected chi connectivity index (χ0v) is 20.9. The van der Waals surface area contributed by atoms with E-state index in [1.807, 2.05) is 59.2 Å². The highest BCUT2D eigenvalue weighted by Crippen LogP contribution is 2.42. The predicted molar refractivity (Wildman–Crippen MR) is 133 cm³/mol. The number of aromatic nitrogens is 2. The predicted octanol–water partition coefficient (Wildman–Crippen LogP) is 6.01. The summed E-state index contributed by atoms with van der Waals surface area (Å²) < 4.78 is 7.33. The van der Waals surface area contributed by atoms with E-state index in [1.54, 1.807) is 0 Å². The van der Waals surface area contributed by atoms with E-state index in [-0.39, 0.29) is 10.8 Å². The number of hydrogen-bond donors (Lipinski definition) is 1. The molecule has 0 fully saturated rings. The van der Waals surface area contributed by atoms with Crippen LogP contribution in [0.5, 0.6) is 0 Å². The Morgan fingerprint density at radius 1 is 1.00 bits per heavy atom. The van der Waals surface area contributed by atoms with Crippen LogP contribution in [-0.4, -0.2) is 35.0 Å². The number of methoxy groups -OCH3 is 1. The van der Waals surface area contributed by atoms with Gasteiger partial charge in [0.25, 0.3) is 0 Å². The number of rotatable bonds is 6. The Hall–Kier alpha value is -3.12. The van der Waals surface area contributed by atoms with Crippen molar-refractivity contribution in [3.8, 4) is 5.69 Å². The SMILES string of the molecule is COC(C(=O)O)c1c(C(C)(C)C)cc(N(C)c2ccn(-c3ccccc3)n2)cc1C(C)(C)C. The Labute approximate surface area is 196 Å². The minimum Gasteiger partial charge on any atom is -0.479 e. The van der Waals surface area contributed by atoms with Gasteiger partial charge in [-0.05, 0) is 51.8 Å². The van der Waals surface area contributed by atoms with Crippen molar-refractivity contribution in [1.82, 2.24) is 9.78 Å². The van der Waals surface area contributed by atoms with Crippen LogP contribution in [-0.2, 0) is 20.4 Å². The van der Waals surface area contributed by atoms with Gasteiger partial charge in [-0.25, -0.2) is 9.48 Å². The molecule has 1 atom stereocenters. The molecule has 0 bridgehead atoms. The Morgan fingerprint density at radius 3 is 2.00 bits per heavy atom. The highest BCUT2D eigenvalue weighted by Gasteiger charge is 2.34. The van der Waals surface area contributed by atoms with Crippen LogP contribution < -0.4 is 4.90 Å². The molecule has 0 aliphatic heterocycles. The van der Waals surface area contributed by atoms with Crippen LogP contribution in [0.1, 0.15) is 64.3 Å². The maximum Gasteiger partial charge on any atom is 0.337 e. The number of carbonyl (C=O) groups is 1. The summed E-state index contributed by atoms with van der Waals surface area (Å²) in [5, 5.41) is 14.7. The van der Waals surface area contributed by atoms with Gasteiger partial charge in [0.05, 0.1) is 5.69 Å². The van der Waals surface area contributed by atoms with Crippen molar-refractivity contribution < 1.29 is 14.6 Å². The Balaban J connectivity index is 2.19. The Kier molecular flexibility index (Phi) is 6.70. The van der Waals surface area contributed by atoms with Crippen molar-refractivity contribution >= 4 is 17.5 Å². The number of para-hydroxylation sites is 1. The van der Waals surface area contributed by atoms with Crippen molar-refractivity contribution in [2.75, 3.05) is 19.1 Å². The summed E-state index contributed by atoms with van der Waals surface area (Å²) in [7, 11) is 3.43. The largest absolute Gasteiger partial charge is 0.479 e. The quantitative estimate of drug-likeness (QED) is 0.499. The number of benzene rings is 2. The zero-order chi connectivity index (χ0) is 24.6. The number of carboxylic acids is 1. The molecule has 0 saturated carbocycles. The molecule has 0 radical (unpaired) electrons. The molecule has 6 nitrogen and oxygen atoms in total. The fraction of sp³-hybridized carbons (Fsp3) is 0.407. The third-order valence-corrected chi connectivity index (χ3v) is 5.83. The molecule has 3 aromatic rings. The fourth-order valence-electron chi connectivity index (χ4n) is 4.05. The van der Waals surface area contributed by atoms with E-state index in [4.69, 9.17) is 9.84 Å². The van der Waals surface area contributed by atoms with Crippen molar-refractivity contribution in [2.24, 2.45) is 0 Å². The third-order valence-electron chi connectivity index (χ3n) is 5.83. The van der Waals surface area contributed by atoms with Crippen LogP contribution in [0.15, 0.2) is 54.7 Å². The van der Waals surface area contributed by atoms with Crippen LogP contribution in [0.25, 0.3) is 5.69 Å². The minimum atomic E-state index is -1.04. The van der Waals surface area contributed by atoms with Gasteiger partial charge < -0.3 is 14.7 Å². The van der Waals surface area contributed by atoms with E-state index in [2.05, 4.69) is 53.7 Å². The number of ether oxygens (including phenoxy) is 1. The van der Waals surface area contributed by atoms with E-state index < -0.39 is 12.1 Å².